The fourth-order valence-electron chi connectivity index (χ4n) is 3.39. The fourth-order valence-corrected chi connectivity index (χ4v) is 4.28. The van der Waals surface area contributed by atoms with E-state index < -0.39 is 23.8 Å². The van der Waals surface area contributed by atoms with Crippen molar-refractivity contribution in [2.24, 2.45) is 0 Å². The van der Waals surface area contributed by atoms with Crippen LogP contribution in [-0.2, 0) is 20.7 Å². The highest BCUT2D eigenvalue weighted by atomic mass is 32.1. The maximum Gasteiger partial charge on any atom is 0.330 e. The predicted molar refractivity (Wildman–Crippen MR) is 137 cm³/mol. The molecule has 0 radical (unpaired) electrons. The maximum absolute atomic E-state index is 12.9. The smallest absolute Gasteiger partial charge is 0.330 e. The normalized spacial score (nSPS) is 11.3. The van der Waals surface area contributed by atoms with Crippen molar-refractivity contribution in [3.8, 4) is 17.2 Å². The molecule has 1 heterocycles. The summed E-state index contributed by atoms with van der Waals surface area (Å²) >= 11 is 0.916. The van der Waals surface area contributed by atoms with E-state index in [9.17, 15) is 34.5 Å². The Bertz CT molecular complexity index is 1340. The molecule has 3 aromatic rings. The van der Waals surface area contributed by atoms with Crippen molar-refractivity contribution in [3.63, 3.8) is 0 Å². The number of aromatic hydroxyl groups is 3. The number of ether oxygens (including phenoxy) is 1. The van der Waals surface area contributed by atoms with E-state index in [0.29, 0.717) is 12.1 Å². The van der Waals surface area contributed by atoms with Crippen LogP contribution >= 0.6 is 11.3 Å². The SMILES string of the molecule is COC(=O)C(CNC(=O)c1cc(O)cc(O)c1)NC(=O)c1sc(NC(=O)CCc2cccc(O)c2)nc1C. The van der Waals surface area contributed by atoms with Gasteiger partial charge in [0.1, 0.15) is 28.2 Å². The molecule has 3 rings (SSSR count). The van der Waals surface area contributed by atoms with Crippen molar-refractivity contribution in [2.75, 3.05) is 19.0 Å². The third-order valence-corrected chi connectivity index (χ3v) is 6.29. The van der Waals surface area contributed by atoms with Crippen LogP contribution in [0.25, 0.3) is 0 Å². The number of aryl methyl sites for hydroxylation is 2. The number of carbonyl (C=O) groups excluding carboxylic acids is 4. The van der Waals surface area contributed by atoms with Crippen LogP contribution in [-0.4, -0.2) is 63.7 Å². The predicted octanol–water partition coefficient (Wildman–Crippen LogP) is 1.84. The second-order valence-corrected chi connectivity index (χ2v) is 9.15. The zero-order valence-electron chi connectivity index (χ0n) is 20.5. The van der Waals surface area contributed by atoms with E-state index in [1.807, 2.05) is 0 Å². The van der Waals surface area contributed by atoms with Gasteiger partial charge in [0.05, 0.1) is 12.8 Å². The first kappa shape index (κ1) is 27.9. The lowest BCUT2D eigenvalue weighted by atomic mass is 10.1. The number of methoxy groups -OCH3 is 1. The van der Waals surface area contributed by atoms with Crippen molar-refractivity contribution < 1.29 is 39.2 Å². The number of amides is 3. The summed E-state index contributed by atoms with van der Waals surface area (Å²) in [5, 5.41) is 36.4. The molecule has 0 bridgehead atoms. The number of hydrogen-bond acceptors (Lipinski definition) is 10. The number of hydrogen-bond donors (Lipinski definition) is 6. The van der Waals surface area contributed by atoms with Gasteiger partial charge in [0, 0.05) is 24.6 Å². The number of benzene rings is 2. The second-order valence-electron chi connectivity index (χ2n) is 8.15. The first-order chi connectivity index (χ1) is 18.0. The lowest BCUT2D eigenvalue weighted by molar-refractivity contribution is -0.142. The van der Waals surface area contributed by atoms with Gasteiger partial charge in [0.25, 0.3) is 11.8 Å². The molecule has 1 aromatic heterocycles. The van der Waals surface area contributed by atoms with Crippen LogP contribution in [0.5, 0.6) is 17.2 Å². The summed E-state index contributed by atoms with van der Waals surface area (Å²) in [4.78, 5) is 54.2. The van der Waals surface area contributed by atoms with Crippen molar-refractivity contribution in [1.29, 1.82) is 0 Å². The lowest BCUT2D eigenvalue weighted by Gasteiger charge is -2.17. The van der Waals surface area contributed by atoms with E-state index in [1.165, 1.54) is 6.07 Å². The van der Waals surface area contributed by atoms with Gasteiger partial charge in [-0.1, -0.05) is 23.5 Å². The van der Waals surface area contributed by atoms with Crippen LogP contribution in [0, 0.1) is 6.92 Å². The number of phenols is 3. The summed E-state index contributed by atoms with van der Waals surface area (Å²) in [6.07, 6.45) is 0.525. The Labute approximate surface area is 221 Å². The van der Waals surface area contributed by atoms with Gasteiger partial charge in [-0.05, 0) is 43.2 Å². The summed E-state index contributed by atoms with van der Waals surface area (Å²) in [5.41, 5.74) is 1.05. The molecule has 1 unspecified atom stereocenters. The summed E-state index contributed by atoms with van der Waals surface area (Å²) in [6.45, 7) is 1.22. The summed E-state index contributed by atoms with van der Waals surface area (Å²) in [7, 11) is 1.12. The Hall–Kier alpha value is -4.65. The average molecular weight is 543 g/mol. The van der Waals surface area contributed by atoms with Crippen LogP contribution in [0.3, 0.4) is 0 Å². The molecule has 0 saturated heterocycles. The molecule has 0 fully saturated rings. The minimum Gasteiger partial charge on any atom is -0.508 e. The third kappa shape index (κ3) is 7.67. The van der Waals surface area contributed by atoms with E-state index in [4.69, 9.17) is 4.74 Å². The minimum absolute atomic E-state index is 0.0554. The number of nitrogens with zero attached hydrogens (tertiary/aromatic N) is 1. The van der Waals surface area contributed by atoms with Crippen molar-refractivity contribution in [3.05, 3.63) is 64.2 Å². The highest BCUT2D eigenvalue weighted by Crippen LogP contribution is 2.23. The van der Waals surface area contributed by atoms with Gasteiger partial charge in [0.15, 0.2) is 5.13 Å². The van der Waals surface area contributed by atoms with Gasteiger partial charge < -0.3 is 36.0 Å². The quantitative estimate of drug-likeness (QED) is 0.208. The molecule has 0 saturated carbocycles. The Balaban J connectivity index is 1.60. The molecule has 0 aliphatic carbocycles. The second kappa shape index (κ2) is 12.5. The molecule has 0 spiro atoms. The summed E-state index contributed by atoms with van der Waals surface area (Å²) in [6, 6.07) is 8.62. The van der Waals surface area contributed by atoms with Crippen molar-refractivity contribution in [2.45, 2.75) is 25.8 Å². The number of aromatic nitrogens is 1. The number of rotatable bonds is 10. The first-order valence-corrected chi connectivity index (χ1v) is 12.1. The van der Waals surface area contributed by atoms with E-state index in [2.05, 4.69) is 20.9 Å². The Morgan fingerprint density at radius 2 is 1.71 bits per heavy atom. The summed E-state index contributed by atoms with van der Waals surface area (Å²) in [5.74, 6) is -3.06. The fraction of sp³-hybridized carbons (Fsp3) is 0.240. The van der Waals surface area contributed by atoms with Crippen LogP contribution in [0.4, 0.5) is 5.13 Å². The Kier molecular flexibility index (Phi) is 9.22. The van der Waals surface area contributed by atoms with Crippen LogP contribution in [0.15, 0.2) is 42.5 Å². The molecule has 12 nitrogen and oxygen atoms in total. The van der Waals surface area contributed by atoms with E-state index >= 15 is 0 Å². The standard InChI is InChI=1S/C25H26N4O8S/c1-13-21(38-25(27-13)29-20(33)7-6-14-4-3-5-16(30)8-14)23(35)28-19(24(36)37-2)12-26-22(34)15-9-17(31)11-18(32)10-15/h3-5,8-11,19,30-32H,6-7,12H2,1-2H3,(H,26,34)(H,28,35)(H,27,29,33). The first-order valence-electron chi connectivity index (χ1n) is 11.3. The van der Waals surface area contributed by atoms with Crippen LogP contribution in [0.2, 0.25) is 0 Å². The van der Waals surface area contributed by atoms with Crippen LogP contribution < -0.4 is 16.0 Å². The van der Waals surface area contributed by atoms with E-state index in [1.54, 1.807) is 25.1 Å². The molecule has 6 N–H and O–H groups in total. The molecule has 200 valence electrons. The van der Waals surface area contributed by atoms with Gasteiger partial charge >= 0.3 is 5.97 Å². The topological polar surface area (TPSA) is 187 Å². The number of anilines is 1. The highest BCUT2D eigenvalue weighted by molar-refractivity contribution is 7.17. The average Bonchev–Trinajstić information content (AvgIpc) is 3.23. The monoisotopic (exact) mass is 542 g/mol. The molecule has 1 atom stereocenters. The molecule has 3 amide bonds. The van der Waals surface area contributed by atoms with E-state index in [-0.39, 0.29) is 51.7 Å². The number of esters is 1. The number of nitrogens with one attached hydrogen (secondary N) is 3. The largest absolute Gasteiger partial charge is 0.508 e. The molecule has 2 aromatic carbocycles. The lowest BCUT2D eigenvalue weighted by Crippen LogP contribution is -2.49. The van der Waals surface area contributed by atoms with Crippen LogP contribution in [0.1, 0.15) is 37.7 Å². The van der Waals surface area contributed by atoms with Crippen molar-refractivity contribution in [1.82, 2.24) is 15.6 Å². The zero-order valence-corrected chi connectivity index (χ0v) is 21.3. The van der Waals surface area contributed by atoms with Crippen molar-refractivity contribution >= 4 is 40.2 Å². The Morgan fingerprint density at radius 3 is 2.37 bits per heavy atom. The highest BCUT2D eigenvalue weighted by Gasteiger charge is 2.26. The van der Waals surface area contributed by atoms with Gasteiger partial charge in [-0.25, -0.2) is 9.78 Å². The number of carbonyl (C=O) groups is 4. The third-order valence-electron chi connectivity index (χ3n) is 5.22. The molecule has 38 heavy (non-hydrogen) atoms. The van der Waals surface area contributed by atoms with E-state index in [0.717, 1.165) is 42.2 Å². The Morgan fingerprint density at radius 1 is 1.00 bits per heavy atom. The van der Waals surface area contributed by atoms with Gasteiger partial charge in [0.2, 0.25) is 5.91 Å². The van der Waals surface area contributed by atoms with Gasteiger partial charge in [-0.15, -0.1) is 0 Å². The zero-order chi connectivity index (χ0) is 27.8. The molecular formula is C25H26N4O8S. The molecule has 0 aliphatic rings. The van der Waals surface area contributed by atoms with Gasteiger partial charge in [-0.2, -0.15) is 0 Å². The minimum atomic E-state index is -1.26. The van der Waals surface area contributed by atoms with Gasteiger partial charge in [-0.3, -0.25) is 14.4 Å². The number of phenolic OH excluding ortho intramolecular Hbond substituents is 3. The molecule has 13 heteroatoms. The maximum atomic E-state index is 12.9. The number of thiazole rings is 1. The molecular weight excluding hydrogens is 516 g/mol. The molecule has 0 aliphatic heterocycles. The summed E-state index contributed by atoms with van der Waals surface area (Å²) < 4.78 is 4.71.